The minimum absolute atomic E-state index is 0.0340. The molecule has 11 heteroatoms. The topological polar surface area (TPSA) is 78.7 Å². The first kappa shape index (κ1) is 27.0. The number of urea groups is 1. The zero-order chi connectivity index (χ0) is 27.7. The summed E-state index contributed by atoms with van der Waals surface area (Å²) in [6, 6.07) is 10.2. The van der Waals surface area contributed by atoms with Gasteiger partial charge in [-0.25, -0.2) is 4.79 Å². The smallest absolute Gasteiger partial charge is 0.494 e. The molecule has 2 aliphatic heterocycles. The number of alkyl halides is 3. The molecule has 0 bridgehead atoms. The Balaban J connectivity index is 1.48. The Morgan fingerprint density at radius 2 is 1.85 bits per heavy atom. The maximum absolute atomic E-state index is 13.8. The summed E-state index contributed by atoms with van der Waals surface area (Å²) in [5, 5.41) is 2.96. The fourth-order valence-electron chi connectivity index (χ4n) is 5.10. The minimum Gasteiger partial charge on any atom is -0.494 e. The Bertz CT molecular complexity index is 1390. The van der Waals surface area contributed by atoms with Gasteiger partial charge in [-0.3, -0.25) is 4.79 Å². The number of hydrogen-bond donors (Lipinski definition) is 1. The molecule has 39 heavy (non-hydrogen) atoms. The summed E-state index contributed by atoms with van der Waals surface area (Å²) in [6.45, 7) is 1.86. The molecule has 5 rings (SSSR count). The third-order valence-electron chi connectivity index (χ3n) is 6.87. The molecule has 2 heterocycles. The van der Waals surface area contributed by atoms with Gasteiger partial charge in [0, 0.05) is 5.69 Å². The standard InChI is InChI=1S/C28H26F3N3O4S/c1-2-38-20-13-11-19(12-14-20)34-25(36)24-21-9-4-3-5-10-22(21)39-26(24)33(27(34)37)16-23(35)32-18-8-6-7-17(15-18)28(29,30)31/h6-8,11-15,24H,2-5,9-10,16H2,1H3/p+1. The van der Waals surface area contributed by atoms with Crippen LogP contribution in [0.2, 0.25) is 0 Å². The number of anilines is 2. The Morgan fingerprint density at radius 1 is 1.10 bits per heavy atom. The number of allylic oxidation sites excluding steroid dienone is 1. The van der Waals surface area contributed by atoms with Gasteiger partial charge in [0.05, 0.1) is 12.2 Å². The molecular formula is C28H27F3N3O4S+. The molecule has 1 N–H and O–H groups in total. The van der Waals surface area contributed by atoms with Crippen molar-refractivity contribution >= 4 is 46.0 Å². The van der Waals surface area contributed by atoms with Gasteiger partial charge in [0.2, 0.25) is 0 Å². The summed E-state index contributed by atoms with van der Waals surface area (Å²) in [5.41, 5.74) is 0.413. The van der Waals surface area contributed by atoms with Crippen LogP contribution in [0.15, 0.2) is 59.0 Å². The van der Waals surface area contributed by atoms with E-state index in [0.29, 0.717) is 23.1 Å². The number of imide groups is 1. The molecule has 0 saturated carbocycles. The second kappa shape index (κ2) is 10.9. The molecule has 0 radical (unpaired) electrons. The second-order valence-electron chi connectivity index (χ2n) is 9.48. The van der Waals surface area contributed by atoms with Crippen LogP contribution in [0.25, 0.3) is 0 Å². The second-order valence-corrected chi connectivity index (χ2v) is 10.6. The Labute approximate surface area is 227 Å². The molecule has 2 aromatic rings. The van der Waals surface area contributed by atoms with Crippen LogP contribution in [0.3, 0.4) is 0 Å². The van der Waals surface area contributed by atoms with Crippen molar-refractivity contribution in [1.82, 2.24) is 0 Å². The highest BCUT2D eigenvalue weighted by atomic mass is 32.2. The summed E-state index contributed by atoms with van der Waals surface area (Å²) in [7, 11) is 0. The first-order valence-corrected chi connectivity index (χ1v) is 13.6. The number of nitrogens with one attached hydrogen (secondary N) is 1. The molecular weight excluding hydrogens is 531 g/mol. The van der Waals surface area contributed by atoms with Crippen molar-refractivity contribution in [1.29, 1.82) is 0 Å². The number of benzene rings is 2. The lowest BCUT2D eigenvalue weighted by Gasteiger charge is -2.25. The van der Waals surface area contributed by atoms with Crippen LogP contribution in [-0.4, -0.2) is 40.6 Å². The normalized spacial score (nSPS) is 19.6. The van der Waals surface area contributed by atoms with Crippen molar-refractivity contribution in [3.63, 3.8) is 0 Å². The average Bonchev–Trinajstić information content (AvgIpc) is 3.10. The van der Waals surface area contributed by atoms with Crippen molar-refractivity contribution in [2.24, 2.45) is 5.92 Å². The van der Waals surface area contributed by atoms with E-state index in [1.807, 2.05) is 6.92 Å². The predicted molar refractivity (Wildman–Crippen MR) is 142 cm³/mol. The summed E-state index contributed by atoms with van der Waals surface area (Å²) in [5.74, 6) is -1.12. The predicted octanol–water partition coefficient (Wildman–Crippen LogP) is 6.20. The van der Waals surface area contributed by atoms with Crippen LogP contribution in [0, 0.1) is 5.92 Å². The fraction of sp³-hybridized carbons (Fsp3) is 0.357. The largest absolute Gasteiger partial charge is 0.507 e. The summed E-state index contributed by atoms with van der Waals surface area (Å²) in [4.78, 5) is 42.8. The minimum atomic E-state index is -4.56. The molecule has 7 nitrogen and oxygen atoms in total. The van der Waals surface area contributed by atoms with Crippen LogP contribution >= 0.6 is 11.8 Å². The summed E-state index contributed by atoms with van der Waals surface area (Å²) < 4.78 is 46.2. The van der Waals surface area contributed by atoms with Gasteiger partial charge in [-0.2, -0.15) is 22.5 Å². The number of carbonyl (C=O) groups excluding carboxylic acids is 3. The number of hydrogen-bond acceptors (Lipinski definition) is 5. The third kappa shape index (κ3) is 5.45. The number of nitrogens with zero attached hydrogens (tertiary/aromatic N) is 2. The number of amides is 4. The highest BCUT2D eigenvalue weighted by Crippen LogP contribution is 2.47. The first-order valence-electron chi connectivity index (χ1n) is 12.8. The van der Waals surface area contributed by atoms with Gasteiger partial charge in [-0.05, 0) is 85.5 Å². The van der Waals surface area contributed by atoms with Gasteiger partial charge < -0.3 is 10.1 Å². The van der Waals surface area contributed by atoms with Gasteiger partial charge in [0.1, 0.15) is 11.4 Å². The van der Waals surface area contributed by atoms with E-state index in [2.05, 4.69) is 5.32 Å². The lowest BCUT2D eigenvalue weighted by molar-refractivity contribution is -0.414. The van der Waals surface area contributed by atoms with Crippen LogP contribution in [0.4, 0.5) is 29.3 Å². The van der Waals surface area contributed by atoms with Gasteiger partial charge in [0.15, 0.2) is 17.5 Å². The number of rotatable bonds is 6. The molecule has 4 amide bonds. The van der Waals surface area contributed by atoms with Crippen molar-refractivity contribution in [3.05, 3.63) is 64.6 Å². The number of carbonyl (C=O) groups is 3. The number of fused-ring (bicyclic) bond motifs is 2. The zero-order valence-corrected chi connectivity index (χ0v) is 22.0. The Morgan fingerprint density at radius 3 is 2.56 bits per heavy atom. The lowest BCUT2D eigenvalue weighted by atomic mass is 9.93. The van der Waals surface area contributed by atoms with E-state index in [1.165, 1.54) is 28.5 Å². The van der Waals surface area contributed by atoms with E-state index < -0.39 is 36.1 Å². The molecule has 1 unspecified atom stereocenters. The van der Waals surface area contributed by atoms with Gasteiger partial charge in [-0.1, -0.05) is 24.2 Å². The average molecular weight is 559 g/mol. The Hall–Kier alpha value is -3.60. The number of halogens is 3. The van der Waals surface area contributed by atoms with E-state index >= 15 is 0 Å². The zero-order valence-electron chi connectivity index (χ0n) is 21.2. The van der Waals surface area contributed by atoms with Crippen molar-refractivity contribution in [3.8, 4) is 5.75 Å². The van der Waals surface area contributed by atoms with Crippen LogP contribution in [0.1, 0.15) is 44.6 Å². The van der Waals surface area contributed by atoms with E-state index in [9.17, 15) is 27.6 Å². The molecule has 0 saturated heterocycles. The van der Waals surface area contributed by atoms with Crippen molar-refractivity contribution in [2.75, 3.05) is 23.4 Å². The van der Waals surface area contributed by atoms with E-state index in [0.717, 1.165) is 59.6 Å². The van der Waals surface area contributed by atoms with E-state index in [-0.39, 0.29) is 11.6 Å². The molecule has 0 aromatic heterocycles. The SMILES string of the molecule is CCOc1ccc(N2C(=O)C3C4=C(CCCCC4)SC3=[N+](CC(=O)Nc3cccc(C(F)(F)F)c3)C2=O)cc1. The molecule has 1 aliphatic carbocycles. The van der Waals surface area contributed by atoms with Gasteiger partial charge in [-0.15, -0.1) is 4.90 Å². The maximum atomic E-state index is 13.8. The highest BCUT2D eigenvalue weighted by Gasteiger charge is 2.54. The monoisotopic (exact) mass is 558 g/mol. The van der Waals surface area contributed by atoms with Gasteiger partial charge in [0.25, 0.3) is 5.91 Å². The van der Waals surface area contributed by atoms with Crippen LogP contribution < -0.4 is 15.0 Å². The van der Waals surface area contributed by atoms with E-state index in [1.54, 1.807) is 24.3 Å². The third-order valence-corrected chi connectivity index (χ3v) is 8.25. The first-order chi connectivity index (χ1) is 18.7. The highest BCUT2D eigenvalue weighted by molar-refractivity contribution is 8.17. The molecule has 2 aromatic carbocycles. The molecule has 0 fully saturated rings. The van der Waals surface area contributed by atoms with Crippen LogP contribution in [-0.2, 0) is 15.8 Å². The van der Waals surface area contributed by atoms with Crippen molar-refractivity contribution < 1.29 is 36.9 Å². The quantitative estimate of drug-likeness (QED) is 0.427. The molecule has 3 aliphatic rings. The van der Waals surface area contributed by atoms with Crippen LogP contribution in [0.5, 0.6) is 5.75 Å². The van der Waals surface area contributed by atoms with Gasteiger partial charge >= 0.3 is 18.1 Å². The molecule has 204 valence electrons. The number of thioether (sulfide) groups is 1. The summed E-state index contributed by atoms with van der Waals surface area (Å²) in [6.07, 6.45) is -0.0632. The maximum Gasteiger partial charge on any atom is 0.507 e. The summed E-state index contributed by atoms with van der Waals surface area (Å²) >= 11 is 1.37. The molecule has 1 atom stereocenters. The lowest BCUT2D eigenvalue weighted by Crippen LogP contribution is -2.55. The Kier molecular flexibility index (Phi) is 7.53. The van der Waals surface area contributed by atoms with E-state index in [4.69, 9.17) is 4.74 Å². The number of ether oxygens (including phenoxy) is 1. The fourth-order valence-corrected chi connectivity index (χ4v) is 6.56. The van der Waals surface area contributed by atoms with Crippen molar-refractivity contribution in [2.45, 2.75) is 45.2 Å². The molecule has 0 spiro atoms.